The molecular weight excluding hydrogens is 271 g/mol. The Morgan fingerprint density at radius 3 is 2.17 bits per heavy atom. The van der Waals surface area contributed by atoms with Gasteiger partial charge in [-0.05, 0) is 36.8 Å². The van der Waals surface area contributed by atoms with Crippen LogP contribution in [0.5, 0.6) is 0 Å². The maximum absolute atomic E-state index is 12.8. The van der Waals surface area contributed by atoms with E-state index in [9.17, 15) is 8.60 Å². The van der Waals surface area contributed by atoms with Crippen LogP contribution in [0.15, 0.2) is 53.4 Å². The highest BCUT2D eigenvalue weighted by molar-refractivity contribution is 7.86. The van der Waals surface area contributed by atoms with Crippen molar-refractivity contribution in [1.29, 1.82) is 0 Å². The second kappa shape index (κ2) is 5.63. The van der Waals surface area contributed by atoms with Crippen molar-refractivity contribution in [2.75, 3.05) is 0 Å². The number of rotatable bonds is 3. The normalized spacial score (nSPS) is 14.2. The molecule has 0 radical (unpaired) electrons. The van der Waals surface area contributed by atoms with Crippen molar-refractivity contribution in [3.63, 3.8) is 0 Å². The van der Waals surface area contributed by atoms with Crippen molar-refractivity contribution in [2.24, 2.45) is 0 Å². The summed E-state index contributed by atoms with van der Waals surface area (Å²) < 4.78 is 24.4. The molecule has 2 rings (SSSR count). The summed E-state index contributed by atoms with van der Waals surface area (Å²) in [6.45, 7) is 1.96. The summed E-state index contributed by atoms with van der Waals surface area (Å²) in [7, 11) is -1.35. The highest BCUT2D eigenvalue weighted by atomic mass is 35.5. The molecule has 0 fully saturated rings. The molecular formula is C14H12ClFOS. The van der Waals surface area contributed by atoms with Crippen molar-refractivity contribution in [3.8, 4) is 0 Å². The fourth-order valence-corrected chi connectivity index (χ4v) is 3.03. The molecule has 1 nitrogen and oxygen atoms in total. The summed E-state index contributed by atoms with van der Waals surface area (Å²) in [4.78, 5) is 0.671. The Labute approximate surface area is 113 Å². The second-order valence-electron chi connectivity index (χ2n) is 3.98. The molecule has 4 heteroatoms. The van der Waals surface area contributed by atoms with Gasteiger partial charge in [0.25, 0.3) is 0 Å². The molecule has 2 atom stereocenters. The molecule has 0 N–H and O–H groups in total. The van der Waals surface area contributed by atoms with Gasteiger partial charge in [-0.3, -0.25) is 4.21 Å². The third-order valence-electron chi connectivity index (χ3n) is 2.57. The van der Waals surface area contributed by atoms with Gasteiger partial charge < -0.3 is 0 Å². The lowest BCUT2D eigenvalue weighted by Crippen LogP contribution is -2.01. The van der Waals surface area contributed by atoms with Gasteiger partial charge in [0.05, 0.1) is 10.8 Å². The predicted octanol–water partition coefficient (Wildman–Crippen LogP) is 4.18. The lowest BCUT2D eigenvalue weighted by Gasteiger charge is -2.10. The van der Waals surface area contributed by atoms with Crippen molar-refractivity contribution in [2.45, 2.75) is 16.5 Å². The van der Waals surface area contributed by atoms with E-state index in [0.29, 0.717) is 10.5 Å². The fourth-order valence-electron chi connectivity index (χ4n) is 1.53. The van der Waals surface area contributed by atoms with Gasteiger partial charge in [-0.2, -0.15) is 0 Å². The van der Waals surface area contributed by atoms with Crippen molar-refractivity contribution in [1.82, 2.24) is 0 Å². The average molecular weight is 283 g/mol. The molecule has 0 aliphatic heterocycles. The molecule has 0 saturated carbocycles. The number of hydrogen-bond donors (Lipinski definition) is 0. The van der Waals surface area contributed by atoms with E-state index in [1.807, 2.05) is 19.1 Å². The predicted molar refractivity (Wildman–Crippen MR) is 72.6 cm³/mol. The van der Waals surface area contributed by atoms with Crippen LogP contribution in [0.3, 0.4) is 0 Å². The Hall–Kier alpha value is -1.19. The van der Waals surface area contributed by atoms with E-state index in [4.69, 9.17) is 11.6 Å². The van der Waals surface area contributed by atoms with E-state index in [1.54, 1.807) is 24.3 Å². The van der Waals surface area contributed by atoms with Crippen molar-refractivity contribution < 1.29 is 8.60 Å². The lowest BCUT2D eigenvalue weighted by molar-refractivity contribution is 0.627. The van der Waals surface area contributed by atoms with Gasteiger partial charge in [0.2, 0.25) is 0 Å². The first kappa shape index (κ1) is 13.2. The maximum Gasteiger partial charge on any atom is 0.138 e. The number of aryl methyl sites for hydroxylation is 1. The minimum Gasteiger partial charge on any atom is -0.252 e. The minimum absolute atomic E-state index is 0.330. The molecule has 2 aromatic rings. The molecule has 0 aliphatic rings. The van der Waals surface area contributed by atoms with Crippen molar-refractivity contribution >= 4 is 22.4 Å². The minimum atomic E-state index is -1.35. The molecule has 0 heterocycles. The zero-order chi connectivity index (χ0) is 13.1. The molecule has 18 heavy (non-hydrogen) atoms. The van der Waals surface area contributed by atoms with E-state index in [-0.39, 0.29) is 5.82 Å². The fraction of sp³-hybridized carbons (Fsp3) is 0.143. The van der Waals surface area contributed by atoms with Gasteiger partial charge >= 0.3 is 0 Å². The van der Waals surface area contributed by atoms with Gasteiger partial charge in [0, 0.05) is 4.90 Å². The van der Waals surface area contributed by atoms with Gasteiger partial charge in [0.15, 0.2) is 0 Å². The molecule has 0 spiro atoms. The van der Waals surface area contributed by atoms with Crippen LogP contribution < -0.4 is 0 Å². The van der Waals surface area contributed by atoms with Crippen LogP contribution in [0.25, 0.3) is 0 Å². The lowest BCUT2D eigenvalue weighted by atomic mass is 10.2. The first-order chi connectivity index (χ1) is 8.58. The van der Waals surface area contributed by atoms with E-state index in [1.165, 1.54) is 12.1 Å². The Morgan fingerprint density at radius 1 is 1.06 bits per heavy atom. The van der Waals surface area contributed by atoms with Crippen LogP contribution >= 0.6 is 11.6 Å². The first-order valence-electron chi connectivity index (χ1n) is 5.45. The third kappa shape index (κ3) is 2.98. The molecule has 94 valence electrons. The molecule has 2 unspecified atom stereocenters. The van der Waals surface area contributed by atoms with E-state index in [0.717, 1.165) is 5.56 Å². The summed E-state index contributed by atoms with van der Waals surface area (Å²) in [6.07, 6.45) is 0. The third-order valence-corrected chi connectivity index (χ3v) is 4.70. The van der Waals surface area contributed by atoms with E-state index in [2.05, 4.69) is 0 Å². The highest BCUT2D eigenvalue weighted by Gasteiger charge is 2.17. The Morgan fingerprint density at radius 2 is 1.61 bits per heavy atom. The standard InChI is InChI=1S/C14H12ClFOS/c1-10-2-8-13(9-3-10)18(17)14(15)11-4-6-12(16)7-5-11/h2-9,14H,1H3. The Balaban J connectivity index is 2.23. The number of hydrogen-bond acceptors (Lipinski definition) is 1. The van der Waals surface area contributed by atoms with Crippen LogP contribution in [0.1, 0.15) is 15.8 Å². The van der Waals surface area contributed by atoms with E-state index < -0.39 is 15.5 Å². The van der Waals surface area contributed by atoms with Crippen LogP contribution in [0.4, 0.5) is 4.39 Å². The molecule has 0 amide bonds. The zero-order valence-corrected chi connectivity index (χ0v) is 11.3. The summed E-state index contributed by atoms with van der Waals surface area (Å²) in [6, 6.07) is 13.1. The average Bonchev–Trinajstić information content (AvgIpc) is 2.39. The zero-order valence-electron chi connectivity index (χ0n) is 9.77. The molecule has 0 saturated heterocycles. The number of halogens is 2. The van der Waals surface area contributed by atoms with Crippen LogP contribution in [-0.2, 0) is 10.8 Å². The van der Waals surface area contributed by atoms with Gasteiger partial charge in [-0.1, -0.05) is 29.8 Å². The van der Waals surface area contributed by atoms with Crippen LogP contribution in [0.2, 0.25) is 0 Å². The summed E-state index contributed by atoms with van der Waals surface area (Å²) >= 11 is 6.16. The van der Waals surface area contributed by atoms with E-state index >= 15 is 0 Å². The van der Waals surface area contributed by atoms with Gasteiger partial charge in [0.1, 0.15) is 10.5 Å². The molecule has 2 aromatic carbocycles. The summed E-state index contributed by atoms with van der Waals surface area (Å²) in [5.41, 5.74) is 1.75. The Kier molecular flexibility index (Phi) is 4.15. The molecule has 0 bridgehead atoms. The second-order valence-corrected chi connectivity index (χ2v) is 6.21. The number of benzene rings is 2. The quantitative estimate of drug-likeness (QED) is 0.772. The number of alkyl halides is 1. The summed E-state index contributed by atoms with van der Waals surface area (Å²) in [5, 5.41) is 0. The van der Waals surface area contributed by atoms with Crippen LogP contribution in [0, 0.1) is 12.7 Å². The topological polar surface area (TPSA) is 17.1 Å². The van der Waals surface area contributed by atoms with Gasteiger partial charge in [-0.15, -0.1) is 11.6 Å². The molecule has 0 aliphatic carbocycles. The molecule has 0 aromatic heterocycles. The largest absolute Gasteiger partial charge is 0.252 e. The first-order valence-corrected chi connectivity index (χ1v) is 7.09. The highest BCUT2D eigenvalue weighted by Crippen LogP contribution is 2.29. The monoisotopic (exact) mass is 282 g/mol. The smallest absolute Gasteiger partial charge is 0.138 e. The van der Waals surface area contributed by atoms with Crippen LogP contribution in [-0.4, -0.2) is 4.21 Å². The van der Waals surface area contributed by atoms with Crippen molar-refractivity contribution in [3.05, 3.63) is 65.5 Å². The Bertz CT molecular complexity index is 551. The summed E-state index contributed by atoms with van der Waals surface area (Å²) in [5.74, 6) is -0.330. The van der Waals surface area contributed by atoms with Gasteiger partial charge in [-0.25, -0.2) is 4.39 Å². The SMILES string of the molecule is Cc1ccc(S(=O)C(Cl)c2ccc(F)cc2)cc1. The maximum atomic E-state index is 12.8.